The average molecular weight is 195 g/mol. The topological polar surface area (TPSA) is 3.24 Å². The van der Waals surface area contributed by atoms with Gasteiger partial charge in [-0.25, -0.2) is 0 Å². The Morgan fingerprint density at radius 3 is 2.29 bits per heavy atom. The van der Waals surface area contributed by atoms with Crippen LogP contribution in [0.3, 0.4) is 0 Å². The third kappa shape index (κ3) is 2.60. The van der Waals surface area contributed by atoms with Crippen LogP contribution >= 0.6 is 0 Å². The minimum Gasteiger partial charge on any atom is -0.294 e. The second kappa shape index (κ2) is 4.06. The van der Waals surface area contributed by atoms with Crippen LogP contribution in [0, 0.1) is 5.41 Å². The number of rotatable bonds is 1. The van der Waals surface area contributed by atoms with Gasteiger partial charge in [-0.15, -0.1) is 0 Å². The van der Waals surface area contributed by atoms with E-state index in [4.69, 9.17) is 0 Å². The minimum absolute atomic E-state index is 0.358. The van der Waals surface area contributed by atoms with Gasteiger partial charge < -0.3 is 0 Å². The molecule has 0 amide bonds. The molecule has 0 aromatic carbocycles. The summed E-state index contributed by atoms with van der Waals surface area (Å²) in [5, 5.41) is 0. The highest BCUT2D eigenvalue weighted by Crippen LogP contribution is 2.33. The van der Waals surface area contributed by atoms with Gasteiger partial charge in [0.25, 0.3) is 0 Å². The third-order valence-corrected chi connectivity index (χ3v) is 3.26. The molecule has 0 aliphatic carbocycles. The molecule has 1 heteroatoms. The molecule has 0 radical (unpaired) electrons. The lowest BCUT2D eigenvalue weighted by Gasteiger charge is -2.39. The van der Waals surface area contributed by atoms with Crippen LogP contribution in [0.1, 0.15) is 48.0 Å². The van der Waals surface area contributed by atoms with Crippen molar-refractivity contribution in [1.82, 2.24) is 4.90 Å². The van der Waals surface area contributed by atoms with E-state index in [9.17, 15) is 0 Å². The molecule has 0 fully saturated rings. The predicted octanol–water partition coefficient (Wildman–Crippen LogP) is 3.46. The molecule has 0 saturated carbocycles. The van der Waals surface area contributed by atoms with Gasteiger partial charge in [0.05, 0.1) is 0 Å². The molecule has 0 N–H and O–H groups in total. The molecule has 14 heavy (non-hydrogen) atoms. The van der Waals surface area contributed by atoms with Gasteiger partial charge in [0.15, 0.2) is 0 Å². The second-order valence-corrected chi connectivity index (χ2v) is 5.82. The summed E-state index contributed by atoms with van der Waals surface area (Å²) in [6.07, 6.45) is 3.67. The van der Waals surface area contributed by atoms with Crippen LogP contribution in [0.2, 0.25) is 0 Å². The maximum atomic E-state index is 2.56. The van der Waals surface area contributed by atoms with E-state index in [0.29, 0.717) is 17.5 Å². The van der Waals surface area contributed by atoms with Gasteiger partial charge in [-0.05, 0) is 32.6 Å². The van der Waals surface area contributed by atoms with Gasteiger partial charge >= 0.3 is 0 Å². The first-order chi connectivity index (χ1) is 6.32. The molecule has 1 aliphatic heterocycles. The molecule has 0 spiro atoms. The Morgan fingerprint density at radius 2 is 1.93 bits per heavy atom. The van der Waals surface area contributed by atoms with Gasteiger partial charge in [0.2, 0.25) is 0 Å². The zero-order valence-corrected chi connectivity index (χ0v) is 10.6. The lowest BCUT2D eigenvalue weighted by molar-refractivity contribution is 0.165. The standard InChI is InChI=1S/C13H25N/c1-10(2)14-8-7-12(9-11(14)3)13(4,5)6/h7,10-11H,8-9H2,1-6H3. The Morgan fingerprint density at radius 1 is 1.36 bits per heavy atom. The molecular weight excluding hydrogens is 170 g/mol. The van der Waals surface area contributed by atoms with Crippen LogP contribution in [0.4, 0.5) is 0 Å². The van der Waals surface area contributed by atoms with Crippen LogP contribution in [-0.4, -0.2) is 23.5 Å². The van der Waals surface area contributed by atoms with Gasteiger partial charge in [-0.1, -0.05) is 32.4 Å². The minimum atomic E-state index is 0.358. The largest absolute Gasteiger partial charge is 0.294 e. The summed E-state index contributed by atoms with van der Waals surface area (Å²) in [5.41, 5.74) is 1.99. The summed E-state index contributed by atoms with van der Waals surface area (Å²) in [5.74, 6) is 0. The van der Waals surface area contributed by atoms with Crippen molar-refractivity contribution in [2.45, 2.75) is 60.0 Å². The average Bonchev–Trinajstić information content (AvgIpc) is 2.01. The Labute approximate surface area is 89.2 Å². The van der Waals surface area contributed by atoms with E-state index < -0.39 is 0 Å². The molecule has 0 saturated heterocycles. The lowest BCUT2D eigenvalue weighted by Crippen LogP contribution is -2.42. The van der Waals surface area contributed by atoms with E-state index in [2.05, 4.69) is 52.5 Å². The molecule has 82 valence electrons. The highest BCUT2D eigenvalue weighted by Gasteiger charge is 2.26. The van der Waals surface area contributed by atoms with Crippen molar-refractivity contribution in [3.05, 3.63) is 11.6 Å². The fourth-order valence-corrected chi connectivity index (χ4v) is 2.25. The summed E-state index contributed by atoms with van der Waals surface area (Å²) < 4.78 is 0. The van der Waals surface area contributed by atoms with Crippen molar-refractivity contribution < 1.29 is 0 Å². The number of hydrogen-bond acceptors (Lipinski definition) is 1. The molecule has 1 rings (SSSR count). The second-order valence-electron chi connectivity index (χ2n) is 5.82. The van der Waals surface area contributed by atoms with E-state index in [1.54, 1.807) is 5.57 Å². The van der Waals surface area contributed by atoms with Gasteiger partial charge in [0, 0.05) is 18.6 Å². The zero-order chi connectivity index (χ0) is 10.9. The van der Waals surface area contributed by atoms with E-state index in [-0.39, 0.29) is 0 Å². The zero-order valence-electron chi connectivity index (χ0n) is 10.6. The van der Waals surface area contributed by atoms with Gasteiger partial charge in [-0.2, -0.15) is 0 Å². The first-order valence-electron chi connectivity index (χ1n) is 5.77. The molecule has 0 bridgehead atoms. The molecule has 0 aromatic heterocycles. The van der Waals surface area contributed by atoms with Crippen molar-refractivity contribution >= 4 is 0 Å². The van der Waals surface area contributed by atoms with Gasteiger partial charge in [0.1, 0.15) is 0 Å². The van der Waals surface area contributed by atoms with Crippen LogP contribution in [0.5, 0.6) is 0 Å². The smallest absolute Gasteiger partial charge is 0.0171 e. The quantitative estimate of drug-likeness (QED) is 0.579. The summed E-state index contributed by atoms with van der Waals surface area (Å²) >= 11 is 0. The molecule has 1 atom stereocenters. The number of nitrogens with zero attached hydrogens (tertiary/aromatic N) is 1. The molecule has 0 aromatic rings. The van der Waals surface area contributed by atoms with E-state index in [1.165, 1.54) is 6.42 Å². The summed E-state index contributed by atoms with van der Waals surface area (Å²) in [7, 11) is 0. The SMILES string of the molecule is CC(C)N1CC=C(C(C)(C)C)CC1C. The first-order valence-corrected chi connectivity index (χ1v) is 5.77. The van der Waals surface area contributed by atoms with Crippen LogP contribution in [0.25, 0.3) is 0 Å². The summed E-state index contributed by atoms with van der Waals surface area (Å²) in [4.78, 5) is 2.56. The Bertz CT molecular complexity index is 220. The first kappa shape index (κ1) is 11.8. The summed E-state index contributed by atoms with van der Waals surface area (Å²) in [6, 6.07) is 1.37. The van der Waals surface area contributed by atoms with Crippen molar-refractivity contribution in [1.29, 1.82) is 0 Å². The van der Waals surface area contributed by atoms with E-state index in [1.807, 2.05) is 0 Å². The lowest BCUT2D eigenvalue weighted by atomic mass is 9.80. The molecule has 1 heterocycles. The summed E-state index contributed by atoms with van der Waals surface area (Å²) in [6.45, 7) is 15.0. The maximum absolute atomic E-state index is 2.56. The van der Waals surface area contributed by atoms with Crippen molar-refractivity contribution in [3.63, 3.8) is 0 Å². The Kier molecular flexibility index (Phi) is 3.41. The number of hydrogen-bond donors (Lipinski definition) is 0. The Hall–Kier alpha value is -0.300. The molecule has 1 nitrogen and oxygen atoms in total. The van der Waals surface area contributed by atoms with Crippen LogP contribution < -0.4 is 0 Å². The van der Waals surface area contributed by atoms with Crippen LogP contribution in [0.15, 0.2) is 11.6 Å². The van der Waals surface area contributed by atoms with Crippen molar-refractivity contribution in [2.24, 2.45) is 5.41 Å². The predicted molar refractivity (Wildman–Crippen MR) is 63.5 cm³/mol. The fourth-order valence-electron chi connectivity index (χ4n) is 2.25. The van der Waals surface area contributed by atoms with Crippen molar-refractivity contribution in [3.8, 4) is 0 Å². The van der Waals surface area contributed by atoms with E-state index in [0.717, 1.165) is 6.54 Å². The van der Waals surface area contributed by atoms with Crippen LogP contribution in [-0.2, 0) is 0 Å². The highest BCUT2D eigenvalue weighted by atomic mass is 15.2. The molecule has 1 unspecified atom stereocenters. The highest BCUT2D eigenvalue weighted by molar-refractivity contribution is 5.16. The molecular formula is C13H25N. The monoisotopic (exact) mass is 195 g/mol. The maximum Gasteiger partial charge on any atom is 0.0171 e. The van der Waals surface area contributed by atoms with Crippen molar-refractivity contribution in [2.75, 3.05) is 6.54 Å². The third-order valence-electron chi connectivity index (χ3n) is 3.26. The Balaban J connectivity index is 2.73. The van der Waals surface area contributed by atoms with E-state index >= 15 is 0 Å². The molecule has 1 aliphatic rings. The fraction of sp³-hybridized carbons (Fsp3) is 0.846. The normalized spacial score (nSPS) is 25.4. The van der Waals surface area contributed by atoms with Gasteiger partial charge in [-0.3, -0.25) is 4.90 Å².